The molecule has 0 spiro atoms. The van der Waals surface area contributed by atoms with E-state index in [4.69, 9.17) is 9.84 Å². The van der Waals surface area contributed by atoms with Gasteiger partial charge in [0, 0.05) is 14.1 Å². The molecule has 0 bridgehead atoms. The predicted molar refractivity (Wildman–Crippen MR) is 57.6 cm³/mol. The molecular weight excluding hydrogens is 210 g/mol. The highest BCUT2D eigenvalue weighted by Gasteiger charge is 2.12. The van der Waals surface area contributed by atoms with E-state index in [0.717, 1.165) is 0 Å². The van der Waals surface area contributed by atoms with E-state index in [1.807, 2.05) is 0 Å². The Bertz CT molecular complexity index is 401. The van der Waals surface area contributed by atoms with Gasteiger partial charge in [0.25, 0.3) is 5.91 Å². The van der Waals surface area contributed by atoms with Crippen molar-refractivity contribution in [3.05, 3.63) is 29.8 Å². The summed E-state index contributed by atoms with van der Waals surface area (Å²) in [6, 6.07) is 6.20. The van der Waals surface area contributed by atoms with Gasteiger partial charge < -0.3 is 14.7 Å². The van der Waals surface area contributed by atoms with Crippen molar-refractivity contribution in [3.63, 3.8) is 0 Å². The van der Waals surface area contributed by atoms with Crippen LogP contribution in [0.1, 0.15) is 10.4 Å². The SMILES string of the molecule is CN(C)C(=O)COc1ccccc1C(=O)O. The Balaban J connectivity index is 2.74. The number of hydrogen-bond donors (Lipinski definition) is 1. The molecule has 0 aromatic heterocycles. The predicted octanol–water partition coefficient (Wildman–Crippen LogP) is 0.852. The fourth-order valence-corrected chi connectivity index (χ4v) is 1.04. The van der Waals surface area contributed by atoms with Gasteiger partial charge in [0.2, 0.25) is 0 Å². The van der Waals surface area contributed by atoms with Crippen molar-refractivity contribution in [3.8, 4) is 5.75 Å². The number of nitrogens with zero attached hydrogens (tertiary/aromatic N) is 1. The van der Waals surface area contributed by atoms with Gasteiger partial charge in [-0.05, 0) is 12.1 Å². The normalized spacial score (nSPS) is 9.62. The zero-order valence-electron chi connectivity index (χ0n) is 9.14. The minimum absolute atomic E-state index is 0.0501. The Labute approximate surface area is 93.2 Å². The number of carboxylic acid groups (broad SMARTS) is 1. The average Bonchev–Trinajstić information content (AvgIpc) is 2.25. The van der Waals surface area contributed by atoms with E-state index in [1.54, 1.807) is 26.2 Å². The third kappa shape index (κ3) is 2.98. The van der Waals surface area contributed by atoms with Crippen LogP contribution >= 0.6 is 0 Å². The van der Waals surface area contributed by atoms with Crippen LogP contribution in [0.25, 0.3) is 0 Å². The van der Waals surface area contributed by atoms with Gasteiger partial charge in [-0.3, -0.25) is 4.79 Å². The van der Waals surface area contributed by atoms with Crippen LogP contribution in [0, 0.1) is 0 Å². The van der Waals surface area contributed by atoms with Gasteiger partial charge in [0.05, 0.1) is 0 Å². The molecule has 0 fully saturated rings. The van der Waals surface area contributed by atoms with Crippen LogP contribution in [0.15, 0.2) is 24.3 Å². The van der Waals surface area contributed by atoms with Gasteiger partial charge in [-0.1, -0.05) is 12.1 Å². The van der Waals surface area contributed by atoms with Crippen LogP contribution in [0.3, 0.4) is 0 Å². The molecule has 0 unspecified atom stereocenters. The summed E-state index contributed by atoms with van der Waals surface area (Å²) >= 11 is 0. The molecule has 0 atom stereocenters. The number of carbonyl (C=O) groups is 2. The average molecular weight is 223 g/mol. The molecule has 0 heterocycles. The summed E-state index contributed by atoms with van der Waals surface area (Å²) < 4.78 is 5.15. The molecule has 0 aliphatic heterocycles. The second kappa shape index (κ2) is 5.16. The molecule has 0 aliphatic carbocycles. The summed E-state index contributed by atoms with van der Waals surface area (Å²) in [5.41, 5.74) is 0.0501. The first-order valence-corrected chi connectivity index (χ1v) is 4.67. The highest BCUT2D eigenvalue weighted by atomic mass is 16.5. The fraction of sp³-hybridized carbons (Fsp3) is 0.273. The van der Waals surface area contributed by atoms with E-state index in [9.17, 15) is 9.59 Å². The highest BCUT2D eigenvalue weighted by molar-refractivity contribution is 5.91. The molecule has 1 N–H and O–H groups in total. The quantitative estimate of drug-likeness (QED) is 0.821. The molecule has 0 aliphatic rings. The van der Waals surface area contributed by atoms with Crippen molar-refractivity contribution in [2.24, 2.45) is 0 Å². The second-order valence-corrected chi connectivity index (χ2v) is 3.38. The third-order valence-electron chi connectivity index (χ3n) is 1.97. The highest BCUT2D eigenvalue weighted by Crippen LogP contribution is 2.17. The first-order chi connectivity index (χ1) is 7.52. The number of hydrogen-bond acceptors (Lipinski definition) is 3. The van der Waals surface area contributed by atoms with E-state index in [-0.39, 0.29) is 23.8 Å². The van der Waals surface area contributed by atoms with Crippen molar-refractivity contribution in [2.75, 3.05) is 20.7 Å². The van der Waals surface area contributed by atoms with Crippen molar-refractivity contribution in [1.82, 2.24) is 4.90 Å². The minimum atomic E-state index is -1.08. The molecule has 16 heavy (non-hydrogen) atoms. The lowest BCUT2D eigenvalue weighted by Crippen LogP contribution is -2.27. The van der Waals surface area contributed by atoms with E-state index in [2.05, 4.69) is 0 Å². The van der Waals surface area contributed by atoms with Gasteiger partial charge >= 0.3 is 5.97 Å². The summed E-state index contributed by atoms with van der Waals surface area (Å²) in [6.45, 7) is -0.169. The van der Waals surface area contributed by atoms with Crippen molar-refractivity contribution in [1.29, 1.82) is 0 Å². The number of likely N-dealkylation sites (N-methyl/N-ethyl adjacent to an activating group) is 1. The maximum Gasteiger partial charge on any atom is 0.339 e. The molecule has 0 saturated heterocycles. The van der Waals surface area contributed by atoms with Gasteiger partial charge in [0.15, 0.2) is 6.61 Å². The Hall–Kier alpha value is -2.04. The van der Waals surface area contributed by atoms with E-state index >= 15 is 0 Å². The molecule has 1 aromatic carbocycles. The summed E-state index contributed by atoms with van der Waals surface area (Å²) in [7, 11) is 3.21. The summed E-state index contributed by atoms with van der Waals surface area (Å²) in [5, 5.41) is 8.86. The number of rotatable bonds is 4. The molecule has 86 valence electrons. The summed E-state index contributed by atoms with van der Waals surface area (Å²) in [5.74, 6) is -1.10. The Morgan fingerprint density at radius 1 is 1.31 bits per heavy atom. The van der Waals surface area contributed by atoms with Crippen molar-refractivity contribution in [2.45, 2.75) is 0 Å². The standard InChI is InChI=1S/C11H13NO4/c1-12(2)10(13)7-16-9-6-4-3-5-8(9)11(14)15/h3-6H,7H2,1-2H3,(H,14,15). The molecule has 0 saturated carbocycles. The molecule has 1 aromatic rings. The number of amides is 1. The zero-order chi connectivity index (χ0) is 12.1. The third-order valence-corrected chi connectivity index (χ3v) is 1.97. The molecule has 1 amide bonds. The Kier molecular flexibility index (Phi) is 3.88. The molecule has 5 nitrogen and oxygen atoms in total. The minimum Gasteiger partial charge on any atom is -0.483 e. The summed E-state index contributed by atoms with van der Waals surface area (Å²) in [4.78, 5) is 23.5. The van der Waals surface area contributed by atoms with E-state index in [0.29, 0.717) is 0 Å². The van der Waals surface area contributed by atoms with Crippen LogP contribution in [0.4, 0.5) is 0 Å². The van der Waals surface area contributed by atoms with E-state index < -0.39 is 5.97 Å². The fourth-order valence-electron chi connectivity index (χ4n) is 1.04. The molecular formula is C11H13NO4. The first-order valence-electron chi connectivity index (χ1n) is 4.67. The maximum absolute atomic E-state index is 11.3. The first kappa shape index (κ1) is 12.0. The number of aromatic carboxylic acids is 1. The van der Waals surface area contributed by atoms with Gasteiger partial charge in [-0.25, -0.2) is 4.79 Å². The molecule has 1 rings (SSSR count). The lowest BCUT2D eigenvalue weighted by molar-refractivity contribution is -0.130. The monoisotopic (exact) mass is 223 g/mol. The molecule has 5 heteroatoms. The zero-order valence-corrected chi connectivity index (χ0v) is 9.14. The lowest BCUT2D eigenvalue weighted by atomic mass is 10.2. The lowest BCUT2D eigenvalue weighted by Gasteiger charge is -2.12. The van der Waals surface area contributed by atoms with Crippen LogP contribution in [0.5, 0.6) is 5.75 Å². The second-order valence-electron chi connectivity index (χ2n) is 3.38. The Morgan fingerprint density at radius 2 is 1.94 bits per heavy atom. The van der Waals surface area contributed by atoms with E-state index in [1.165, 1.54) is 17.0 Å². The summed E-state index contributed by atoms with van der Waals surface area (Å²) in [6.07, 6.45) is 0. The number of benzene rings is 1. The Morgan fingerprint density at radius 3 is 2.50 bits per heavy atom. The van der Waals surface area contributed by atoms with Crippen LogP contribution in [0.2, 0.25) is 0 Å². The smallest absolute Gasteiger partial charge is 0.339 e. The number of ether oxygens (including phenoxy) is 1. The van der Waals surface area contributed by atoms with Crippen molar-refractivity contribution >= 4 is 11.9 Å². The molecule has 0 radical (unpaired) electrons. The van der Waals surface area contributed by atoms with Crippen molar-refractivity contribution < 1.29 is 19.4 Å². The number of carboxylic acids is 1. The van der Waals surface area contributed by atoms with Gasteiger partial charge in [-0.2, -0.15) is 0 Å². The van der Waals surface area contributed by atoms with Crippen LogP contribution in [-0.2, 0) is 4.79 Å². The van der Waals surface area contributed by atoms with Crippen LogP contribution < -0.4 is 4.74 Å². The van der Waals surface area contributed by atoms with Gasteiger partial charge in [0.1, 0.15) is 11.3 Å². The topological polar surface area (TPSA) is 66.8 Å². The van der Waals surface area contributed by atoms with Crippen LogP contribution in [-0.4, -0.2) is 42.6 Å². The number of carbonyl (C=O) groups excluding carboxylic acids is 1. The van der Waals surface area contributed by atoms with Gasteiger partial charge in [-0.15, -0.1) is 0 Å². The largest absolute Gasteiger partial charge is 0.483 e. The maximum atomic E-state index is 11.3. The number of para-hydroxylation sites is 1.